The van der Waals surface area contributed by atoms with E-state index in [1.807, 2.05) is 0 Å². The molecule has 16 heavy (non-hydrogen) atoms. The van der Waals surface area contributed by atoms with Crippen LogP contribution < -0.4 is 0 Å². The van der Waals surface area contributed by atoms with Crippen LogP contribution in [0.4, 0.5) is 0 Å². The molecule has 0 aliphatic heterocycles. The molecule has 1 aliphatic rings. The van der Waals surface area contributed by atoms with Crippen molar-refractivity contribution in [1.29, 1.82) is 0 Å². The van der Waals surface area contributed by atoms with E-state index in [1.165, 1.54) is 6.42 Å². The molecule has 1 fully saturated rings. The van der Waals surface area contributed by atoms with Crippen LogP contribution in [-0.4, -0.2) is 60.8 Å². The van der Waals surface area contributed by atoms with Gasteiger partial charge in [0.2, 0.25) is 0 Å². The van der Waals surface area contributed by atoms with Gasteiger partial charge in [-0.15, -0.1) is 0 Å². The zero-order valence-corrected chi connectivity index (χ0v) is 11.3. The van der Waals surface area contributed by atoms with Crippen LogP contribution in [0, 0.1) is 5.92 Å². The smallest absolute Gasteiger partial charge is 0.0555 e. The van der Waals surface area contributed by atoms with Gasteiger partial charge >= 0.3 is 0 Å². The van der Waals surface area contributed by atoms with Crippen LogP contribution in [0.15, 0.2) is 0 Å². The Morgan fingerprint density at radius 3 is 2.44 bits per heavy atom. The maximum atomic E-state index is 9.78. The van der Waals surface area contributed by atoms with E-state index in [0.29, 0.717) is 6.04 Å². The van der Waals surface area contributed by atoms with Crippen molar-refractivity contribution in [2.75, 3.05) is 33.7 Å². The third-order valence-corrected chi connectivity index (χ3v) is 3.84. The monoisotopic (exact) mass is 228 g/mol. The molecule has 1 saturated carbocycles. The number of rotatable bonds is 5. The predicted octanol–water partition coefficient (Wildman–Crippen LogP) is 1.42. The third kappa shape index (κ3) is 4.04. The van der Waals surface area contributed by atoms with Gasteiger partial charge in [-0.2, -0.15) is 0 Å². The van der Waals surface area contributed by atoms with Gasteiger partial charge in [-0.25, -0.2) is 0 Å². The van der Waals surface area contributed by atoms with Crippen LogP contribution in [-0.2, 0) is 0 Å². The Bertz CT molecular complexity index is 196. The summed E-state index contributed by atoms with van der Waals surface area (Å²) in [6, 6.07) is 0.577. The molecule has 3 heteroatoms. The summed E-state index contributed by atoms with van der Waals surface area (Å²) in [5.41, 5.74) is 0. The summed E-state index contributed by atoms with van der Waals surface area (Å²) in [6.45, 7) is 7.87. The third-order valence-electron chi connectivity index (χ3n) is 3.84. The van der Waals surface area contributed by atoms with E-state index in [2.05, 4.69) is 37.7 Å². The van der Waals surface area contributed by atoms with Gasteiger partial charge in [0, 0.05) is 19.1 Å². The molecule has 0 heterocycles. The van der Waals surface area contributed by atoms with Crippen LogP contribution in [0.5, 0.6) is 0 Å². The Hall–Kier alpha value is -0.120. The molecule has 1 N–H and O–H groups in total. The minimum absolute atomic E-state index is 0.0744. The van der Waals surface area contributed by atoms with E-state index in [0.717, 1.165) is 38.4 Å². The number of likely N-dealkylation sites (N-methyl/N-ethyl adjacent to an activating group) is 2. The molecule has 3 unspecified atom stereocenters. The maximum absolute atomic E-state index is 9.78. The second-order valence-electron chi connectivity index (χ2n) is 5.44. The van der Waals surface area contributed by atoms with Crippen molar-refractivity contribution in [2.24, 2.45) is 5.92 Å². The topological polar surface area (TPSA) is 26.7 Å². The summed E-state index contributed by atoms with van der Waals surface area (Å²) in [4.78, 5) is 4.76. The average Bonchev–Trinajstić information content (AvgIpc) is 2.23. The highest BCUT2D eigenvalue weighted by molar-refractivity contribution is 4.84. The predicted molar refractivity (Wildman–Crippen MR) is 68.6 cm³/mol. The fourth-order valence-electron chi connectivity index (χ4n) is 2.67. The summed E-state index contributed by atoms with van der Waals surface area (Å²) < 4.78 is 0. The first-order valence-electron chi connectivity index (χ1n) is 6.61. The first-order chi connectivity index (χ1) is 7.54. The fourth-order valence-corrected chi connectivity index (χ4v) is 2.67. The molecule has 3 atom stereocenters. The highest BCUT2D eigenvalue weighted by atomic mass is 16.3. The zero-order chi connectivity index (χ0) is 12.1. The molecule has 96 valence electrons. The minimum Gasteiger partial charge on any atom is -0.393 e. The van der Waals surface area contributed by atoms with Gasteiger partial charge in [-0.1, -0.05) is 13.8 Å². The molecule has 0 aromatic carbocycles. The number of nitrogens with zero attached hydrogens (tertiary/aromatic N) is 2. The molecule has 0 aromatic heterocycles. The molecule has 3 nitrogen and oxygen atoms in total. The highest BCUT2D eigenvalue weighted by Crippen LogP contribution is 2.28. The Morgan fingerprint density at radius 2 is 1.88 bits per heavy atom. The van der Waals surface area contributed by atoms with Crippen molar-refractivity contribution < 1.29 is 5.11 Å². The van der Waals surface area contributed by atoms with Crippen LogP contribution in [0.2, 0.25) is 0 Å². The van der Waals surface area contributed by atoms with Gasteiger partial charge < -0.3 is 10.0 Å². The molecule has 0 amide bonds. The Labute approximate surface area is 100 Å². The van der Waals surface area contributed by atoms with Gasteiger partial charge in [0.15, 0.2) is 0 Å². The molecule has 0 radical (unpaired) electrons. The fraction of sp³-hybridized carbons (Fsp3) is 1.00. The lowest BCUT2D eigenvalue weighted by Crippen LogP contribution is -2.47. The van der Waals surface area contributed by atoms with E-state index < -0.39 is 0 Å². The summed E-state index contributed by atoms with van der Waals surface area (Å²) in [6.07, 6.45) is 3.05. The SMILES string of the molecule is CCN(CCN(C)C)C1CC(O)CCC1C. The van der Waals surface area contributed by atoms with Crippen molar-refractivity contribution in [2.45, 2.75) is 45.3 Å². The standard InChI is InChI=1S/C13H28N2O/c1-5-15(9-8-14(3)4)13-10-12(16)7-6-11(13)2/h11-13,16H,5-10H2,1-4H3. The lowest BCUT2D eigenvalue weighted by Gasteiger charge is -2.40. The second-order valence-corrected chi connectivity index (χ2v) is 5.44. The van der Waals surface area contributed by atoms with Gasteiger partial charge in [-0.3, -0.25) is 4.90 Å². The van der Waals surface area contributed by atoms with Gasteiger partial charge in [0.1, 0.15) is 0 Å². The second kappa shape index (κ2) is 6.58. The number of aliphatic hydroxyl groups excluding tert-OH is 1. The summed E-state index contributed by atoms with van der Waals surface area (Å²) in [5.74, 6) is 0.727. The lowest BCUT2D eigenvalue weighted by molar-refractivity contribution is 0.0321. The first-order valence-corrected chi connectivity index (χ1v) is 6.61. The van der Waals surface area contributed by atoms with Crippen molar-refractivity contribution in [3.8, 4) is 0 Å². The van der Waals surface area contributed by atoms with Crippen molar-refractivity contribution in [1.82, 2.24) is 9.80 Å². The van der Waals surface area contributed by atoms with E-state index >= 15 is 0 Å². The van der Waals surface area contributed by atoms with Crippen LogP contribution in [0.1, 0.15) is 33.1 Å². The summed E-state index contributed by atoms with van der Waals surface area (Å²) in [7, 11) is 4.24. The van der Waals surface area contributed by atoms with Crippen LogP contribution in [0.3, 0.4) is 0 Å². The summed E-state index contributed by atoms with van der Waals surface area (Å²) in [5, 5.41) is 9.78. The number of hydrogen-bond donors (Lipinski definition) is 1. The Morgan fingerprint density at radius 1 is 1.19 bits per heavy atom. The first kappa shape index (κ1) is 13.9. The Balaban J connectivity index is 2.49. The van der Waals surface area contributed by atoms with Crippen LogP contribution in [0.25, 0.3) is 0 Å². The van der Waals surface area contributed by atoms with Crippen LogP contribution >= 0.6 is 0 Å². The summed E-state index contributed by atoms with van der Waals surface area (Å²) >= 11 is 0. The van der Waals surface area contributed by atoms with Crippen molar-refractivity contribution >= 4 is 0 Å². The molecule has 1 aliphatic carbocycles. The zero-order valence-electron chi connectivity index (χ0n) is 11.3. The van der Waals surface area contributed by atoms with Gasteiger partial charge in [0.25, 0.3) is 0 Å². The van der Waals surface area contributed by atoms with E-state index in [1.54, 1.807) is 0 Å². The van der Waals surface area contributed by atoms with Gasteiger partial charge in [-0.05, 0) is 45.8 Å². The normalized spacial score (nSPS) is 31.3. The Kier molecular flexibility index (Phi) is 5.73. The lowest BCUT2D eigenvalue weighted by atomic mass is 9.83. The van der Waals surface area contributed by atoms with Gasteiger partial charge in [0.05, 0.1) is 6.10 Å². The highest BCUT2D eigenvalue weighted by Gasteiger charge is 2.30. The molecule has 1 rings (SSSR count). The molecule has 0 bridgehead atoms. The largest absolute Gasteiger partial charge is 0.393 e. The minimum atomic E-state index is -0.0744. The number of aliphatic hydroxyl groups is 1. The molecular weight excluding hydrogens is 200 g/mol. The van der Waals surface area contributed by atoms with Crippen molar-refractivity contribution in [3.05, 3.63) is 0 Å². The molecular formula is C13H28N2O. The maximum Gasteiger partial charge on any atom is 0.0555 e. The molecule has 0 spiro atoms. The molecule has 0 aromatic rings. The van der Waals surface area contributed by atoms with E-state index in [9.17, 15) is 5.11 Å². The number of hydrogen-bond acceptors (Lipinski definition) is 3. The quantitative estimate of drug-likeness (QED) is 0.771. The van der Waals surface area contributed by atoms with E-state index in [4.69, 9.17) is 0 Å². The van der Waals surface area contributed by atoms with Crippen molar-refractivity contribution in [3.63, 3.8) is 0 Å². The average molecular weight is 228 g/mol. The molecule has 0 saturated heterocycles. The van der Waals surface area contributed by atoms with E-state index in [-0.39, 0.29) is 6.10 Å².